The Morgan fingerprint density at radius 3 is 2.56 bits per heavy atom. The van der Waals surface area contributed by atoms with E-state index in [0.29, 0.717) is 12.2 Å². The van der Waals surface area contributed by atoms with Gasteiger partial charge in [-0.2, -0.15) is 0 Å². The highest BCUT2D eigenvalue weighted by Gasteiger charge is 2.19. The van der Waals surface area contributed by atoms with Crippen LogP contribution in [0.5, 0.6) is 5.75 Å². The van der Waals surface area contributed by atoms with Crippen molar-refractivity contribution in [2.75, 3.05) is 0 Å². The fraction of sp³-hybridized carbons (Fsp3) is 0.238. The van der Waals surface area contributed by atoms with Gasteiger partial charge in [0.05, 0.1) is 0 Å². The summed E-state index contributed by atoms with van der Waals surface area (Å²) in [5.74, 6) is -0.0356. The molecule has 6 heteroatoms. The predicted molar refractivity (Wildman–Crippen MR) is 104 cm³/mol. The molecule has 2 amide bonds. The quantitative estimate of drug-likeness (QED) is 0.660. The summed E-state index contributed by atoms with van der Waals surface area (Å²) in [4.78, 5) is 24.5. The maximum absolute atomic E-state index is 12.4. The van der Waals surface area contributed by atoms with Crippen LogP contribution in [0, 0.1) is 6.92 Å². The molecule has 0 fully saturated rings. The number of rotatable bonds is 6. The molecule has 1 atom stereocenters. The van der Waals surface area contributed by atoms with Gasteiger partial charge in [0, 0.05) is 11.7 Å². The lowest BCUT2D eigenvalue weighted by Crippen LogP contribution is -2.48. The standard InChI is InChI=1S/C21H23N3O3/c1-3-18(27-19-11-7-4-8-15(19)2)21(26)23-22-20(25)14-24-13-12-16-9-5-6-10-17(16)24/h4-13,18H,3,14H2,1-2H3,(H,22,25)(H,23,26). The van der Waals surface area contributed by atoms with Gasteiger partial charge in [-0.05, 0) is 42.5 Å². The molecule has 0 saturated carbocycles. The number of aromatic nitrogens is 1. The van der Waals surface area contributed by atoms with E-state index in [-0.39, 0.29) is 18.4 Å². The van der Waals surface area contributed by atoms with Crippen LogP contribution in [-0.4, -0.2) is 22.5 Å². The smallest absolute Gasteiger partial charge is 0.279 e. The van der Waals surface area contributed by atoms with Gasteiger partial charge in [-0.1, -0.05) is 43.3 Å². The van der Waals surface area contributed by atoms with Crippen molar-refractivity contribution in [3.05, 3.63) is 66.4 Å². The molecular weight excluding hydrogens is 342 g/mol. The summed E-state index contributed by atoms with van der Waals surface area (Å²) < 4.78 is 7.61. The fourth-order valence-corrected chi connectivity index (χ4v) is 2.85. The summed E-state index contributed by atoms with van der Waals surface area (Å²) in [6, 6.07) is 17.3. The van der Waals surface area contributed by atoms with Crippen molar-refractivity contribution in [3.63, 3.8) is 0 Å². The van der Waals surface area contributed by atoms with Crippen molar-refractivity contribution < 1.29 is 14.3 Å². The number of para-hydroxylation sites is 2. The molecule has 3 rings (SSSR count). The zero-order chi connectivity index (χ0) is 19.2. The van der Waals surface area contributed by atoms with E-state index >= 15 is 0 Å². The topological polar surface area (TPSA) is 72.4 Å². The Hall–Kier alpha value is -3.28. The first kappa shape index (κ1) is 18.5. The van der Waals surface area contributed by atoms with Gasteiger partial charge < -0.3 is 9.30 Å². The molecule has 1 aromatic heterocycles. The van der Waals surface area contributed by atoms with E-state index in [4.69, 9.17) is 4.74 Å². The Balaban J connectivity index is 1.55. The van der Waals surface area contributed by atoms with Gasteiger partial charge in [-0.25, -0.2) is 0 Å². The van der Waals surface area contributed by atoms with Gasteiger partial charge >= 0.3 is 0 Å². The second kappa shape index (κ2) is 8.40. The molecular formula is C21H23N3O3. The molecule has 0 radical (unpaired) electrons. The average Bonchev–Trinajstić information content (AvgIpc) is 3.08. The number of carbonyl (C=O) groups excluding carboxylic acids is 2. The number of benzene rings is 2. The molecule has 6 nitrogen and oxygen atoms in total. The lowest BCUT2D eigenvalue weighted by Gasteiger charge is -2.18. The zero-order valence-corrected chi connectivity index (χ0v) is 15.4. The van der Waals surface area contributed by atoms with Crippen LogP contribution in [0.4, 0.5) is 0 Å². The van der Waals surface area contributed by atoms with Crippen LogP contribution in [0.1, 0.15) is 18.9 Å². The summed E-state index contributed by atoms with van der Waals surface area (Å²) in [7, 11) is 0. The first-order chi connectivity index (χ1) is 13.1. The van der Waals surface area contributed by atoms with E-state index in [1.807, 2.05) is 79.2 Å². The molecule has 1 heterocycles. The number of nitrogens with one attached hydrogen (secondary N) is 2. The van der Waals surface area contributed by atoms with E-state index in [2.05, 4.69) is 10.9 Å². The first-order valence-electron chi connectivity index (χ1n) is 8.93. The largest absolute Gasteiger partial charge is 0.480 e. The molecule has 0 saturated heterocycles. The highest BCUT2D eigenvalue weighted by molar-refractivity contribution is 5.86. The maximum atomic E-state index is 12.4. The van der Waals surface area contributed by atoms with Gasteiger partial charge in [0.15, 0.2) is 6.10 Å². The number of ether oxygens (including phenoxy) is 1. The Morgan fingerprint density at radius 2 is 1.78 bits per heavy atom. The first-order valence-corrected chi connectivity index (χ1v) is 8.93. The maximum Gasteiger partial charge on any atom is 0.279 e. The van der Waals surface area contributed by atoms with Gasteiger partial charge in [0.2, 0.25) is 0 Å². The van der Waals surface area contributed by atoms with Crippen molar-refractivity contribution in [1.29, 1.82) is 0 Å². The summed E-state index contributed by atoms with van der Waals surface area (Å²) in [5.41, 5.74) is 6.84. The number of fused-ring (bicyclic) bond motifs is 1. The van der Waals surface area contributed by atoms with Gasteiger partial charge in [-0.3, -0.25) is 20.4 Å². The Kier molecular flexibility index (Phi) is 5.76. The van der Waals surface area contributed by atoms with Crippen LogP contribution in [-0.2, 0) is 16.1 Å². The molecule has 2 aromatic carbocycles. The second-order valence-corrected chi connectivity index (χ2v) is 6.32. The summed E-state index contributed by atoms with van der Waals surface area (Å²) >= 11 is 0. The summed E-state index contributed by atoms with van der Waals surface area (Å²) in [6.07, 6.45) is 1.65. The van der Waals surface area contributed by atoms with Crippen molar-refractivity contribution in [2.24, 2.45) is 0 Å². The van der Waals surface area contributed by atoms with E-state index < -0.39 is 6.10 Å². The van der Waals surface area contributed by atoms with Crippen LogP contribution < -0.4 is 15.6 Å². The molecule has 0 aliphatic rings. The van der Waals surface area contributed by atoms with Crippen LogP contribution in [0.15, 0.2) is 60.8 Å². The molecule has 27 heavy (non-hydrogen) atoms. The lowest BCUT2D eigenvalue weighted by molar-refractivity contribution is -0.133. The van der Waals surface area contributed by atoms with Crippen molar-refractivity contribution in [1.82, 2.24) is 15.4 Å². The molecule has 0 aliphatic heterocycles. The van der Waals surface area contributed by atoms with Crippen LogP contribution in [0.3, 0.4) is 0 Å². The molecule has 3 aromatic rings. The van der Waals surface area contributed by atoms with E-state index in [0.717, 1.165) is 16.5 Å². The lowest BCUT2D eigenvalue weighted by atomic mass is 10.2. The SMILES string of the molecule is CCC(Oc1ccccc1C)C(=O)NNC(=O)Cn1ccc2ccccc21. The third kappa shape index (κ3) is 4.47. The Bertz CT molecular complexity index is 949. The monoisotopic (exact) mass is 365 g/mol. The van der Waals surface area contributed by atoms with Crippen LogP contribution >= 0.6 is 0 Å². The number of hydrogen-bond acceptors (Lipinski definition) is 3. The minimum atomic E-state index is -0.682. The molecule has 1 unspecified atom stereocenters. The number of amides is 2. The molecule has 0 spiro atoms. The number of aryl methyl sites for hydroxylation is 1. The Morgan fingerprint density at radius 1 is 1.04 bits per heavy atom. The number of nitrogens with zero attached hydrogens (tertiary/aromatic N) is 1. The van der Waals surface area contributed by atoms with Crippen molar-refractivity contribution in [3.8, 4) is 5.75 Å². The normalized spacial score (nSPS) is 11.8. The number of carbonyl (C=O) groups is 2. The number of hydrazine groups is 1. The molecule has 2 N–H and O–H groups in total. The fourth-order valence-electron chi connectivity index (χ4n) is 2.85. The Labute approximate surface area is 158 Å². The summed E-state index contributed by atoms with van der Waals surface area (Å²) in [6.45, 7) is 3.89. The zero-order valence-electron chi connectivity index (χ0n) is 15.4. The van der Waals surface area contributed by atoms with Gasteiger partial charge in [-0.15, -0.1) is 0 Å². The average molecular weight is 365 g/mol. The second-order valence-electron chi connectivity index (χ2n) is 6.32. The van der Waals surface area contributed by atoms with E-state index in [1.54, 1.807) is 0 Å². The van der Waals surface area contributed by atoms with E-state index in [9.17, 15) is 9.59 Å². The predicted octanol–water partition coefficient (Wildman–Crippen LogP) is 2.95. The van der Waals surface area contributed by atoms with Crippen molar-refractivity contribution in [2.45, 2.75) is 32.9 Å². The molecule has 140 valence electrons. The van der Waals surface area contributed by atoms with Crippen LogP contribution in [0.25, 0.3) is 10.9 Å². The molecule has 0 bridgehead atoms. The van der Waals surface area contributed by atoms with Gasteiger partial charge in [0.25, 0.3) is 11.8 Å². The van der Waals surface area contributed by atoms with Crippen molar-refractivity contribution >= 4 is 22.7 Å². The highest BCUT2D eigenvalue weighted by Crippen LogP contribution is 2.19. The molecule has 0 aliphatic carbocycles. The van der Waals surface area contributed by atoms with E-state index in [1.165, 1.54) is 0 Å². The summed E-state index contributed by atoms with van der Waals surface area (Å²) in [5, 5.41) is 1.06. The minimum Gasteiger partial charge on any atom is -0.480 e. The van der Waals surface area contributed by atoms with Gasteiger partial charge in [0.1, 0.15) is 12.3 Å². The van der Waals surface area contributed by atoms with Crippen LogP contribution in [0.2, 0.25) is 0 Å². The number of hydrogen-bond donors (Lipinski definition) is 2. The third-order valence-electron chi connectivity index (χ3n) is 4.35. The third-order valence-corrected chi connectivity index (χ3v) is 4.35. The highest BCUT2D eigenvalue weighted by atomic mass is 16.5. The minimum absolute atomic E-state index is 0.114.